The van der Waals surface area contributed by atoms with Crippen molar-refractivity contribution in [1.29, 1.82) is 0 Å². The zero-order chi connectivity index (χ0) is 14.7. The smallest absolute Gasteiger partial charge is 0.227 e. The number of anilines is 2. The predicted octanol–water partition coefficient (Wildman–Crippen LogP) is 3.14. The van der Waals surface area contributed by atoms with Crippen molar-refractivity contribution >= 4 is 11.8 Å². The monoisotopic (exact) mass is 286 g/mol. The van der Waals surface area contributed by atoms with Crippen LogP contribution in [0.2, 0.25) is 0 Å². The van der Waals surface area contributed by atoms with Crippen molar-refractivity contribution in [1.82, 2.24) is 9.97 Å². The molecule has 0 amide bonds. The van der Waals surface area contributed by atoms with Crippen LogP contribution in [0.1, 0.15) is 24.1 Å². The molecule has 0 saturated carbocycles. The summed E-state index contributed by atoms with van der Waals surface area (Å²) >= 11 is 0. The molecule has 1 fully saturated rings. The lowest BCUT2D eigenvalue weighted by molar-refractivity contribution is 0.627. The largest absolute Gasteiger partial charge is 0.366 e. The maximum absolute atomic E-state index is 12.9. The van der Waals surface area contributed by atoms with Gasteiger partial charge in [-0.3, -0.25) is 0 Å². The van der Waals surface area contributed by atoms with Crippen LogP contribution in [-0.2, 0) is 6.54 Å². The van der Waals surface area contributed by atoms with Crippen molar-refractivity contribution in [2.24, 2.45) is 0 Å². The Labute approximate surface area is 124 Å². The van der Waals surface area contributed by atoms with E-state index in [0.717, 1.165) is 36.1 Å². The first-order valence-corrected chi connectivity index (χ1v) is 7.30. The topological polar surface area (TPSA) is 41.1 Å². The predicted molar refractivity (Wildman–Crippen MR) is 81.9 cm³/mol. The molecule has 2 heterocycles. The van der Waals surface area contributed by atoms with E-state index in [-0.39, 0.29) is 5.82 Å². The van der Waals surface area contributed by atoms with E-state index in [1.54, 1.807) is 12.1 Å². The van der Waals surface area contributed by atoms with Crippen molar-refractivity contribution in [2.45, 2.75) is 26.3 Å². The van der Waals surface area contributed by atoms with E-state index in [2.05, 4.69) is 20.2 Å². The van der Waals surface area contributed by atoms with E-state index in [0.29, 0.717) is 6.54 Å². The van der Waals surface area contributed by atoms with E-state index in [4.69, 9.17) is 0 Å². The minimum Gasteiger partial charge on any atom is -0.366 e. The Balaban J connectivity index is 1.71. The SMILES string of the molecule is Cc1cc(NCc2ccc(F)cc2)nc(N2CCCC2)n1. The van der Waals surface area contributed by atoms with Crippen molar-refractivity contribution in [3.8, 4) is 0 Å². The number of nitrogens with one attached hydrogen (secondary N) is 1. The number of hydrogen-bond acceptors (Lipinski definition) is 4. The summed E-state index contributed by atoms with van der Waals surface area (Å²) in [6.07, 6.45) is 2.41. The van der Waals surface area contributed by atoms with Crippen LogP contribution in [0.5, 0.6) is 0 Å². The number of aromatic nitrogens is 2. The molecule has 0 aliphatic carbocycles. The summed E-state index contributed by atoms with van der Waals surface area (Å²) in [6.45, 7) is 4.65. The summed E-state index contributed by atoms with van der Waals surface area (Å²) in [5.41, 5.74) is 1.98. The highest BCUT2D eigenvalue weighted by molar-refractivity contribution is 5.44. The molecule has 3 rings (SSSR count). The Bertz CT molecular complexity index is 606. The van der Waals surface area contributed by atoms with Gasteiger partial charge in [0.25, 0.3) is 0 Å². The second-order valence-corrected chi connectivity index (χ2v) is 5.37. The number of aryl methyl sites for hydroxylation is 1. The van der Waals surface area contributed by atoms with Gasteiger partial charge in [0.1, 0.15) is 11.6 Å². The standard InChI is InChI=1S/C16H19FN4/c1-12-10-15(18-11-13-4-6-14(17)7-5-13)20-16(19-12)21-8-2-3-9-21/h4-7,10H,2-3,8-9,11H2,1H3,(H,18,19,20). The third-order valence-electron chi connectivity index (χ3n) is 3.62. The van der Waals surface area contributed by atoms with E-state index in [9.17, 15) is 4.39 Å². The van der Waals surface area contributed by atoms with Crippen LogP contribution in [0.15, 0.2) is 30.3 Å². The maximum atomic E-state index is 12.9. The average molecular weight is 286 g/mol. The third kappa shape index (κ3) is 3.48. The fraction of sp³-hybridized carbons (Fsp3) is 0.375. The summed E-state index contributed by atoms with van der Waals surface area (Å²) in [5, 5.41) is 3.28. The fourth-order valence-electron chi connectivity index (χ4n) is 2.50. The van der Waals surface area contributed by atoms with E-state index in [1.807, 2.05) is 13.0 Å². The average Bonchev–Trinajstić information content (AvgIpc) is 3.00. The molecule has 1 saturated heterocycles. The highest BCUT2D eigenvalue weighted by Crippen LogP contribution is 2.19. The first-order valence-electron chi connectivity index (χ1n) is 7.30. The first-order chi connectivity index (χ1) is 10.2. The Morgan fingerprint density at radius 1 is 1.14 bits per heavy atom. The van der Waals surface area contributed by atoms with Gasteiger partial charge >= 0.3 is 0 Å². The zero-order valence-corrected chi connectivity index (χ0v) is 12.1. The van der Waals surface area contributed by atoms with Gasteiger partial charge in [-0.05, 0) is 37.5 Å². The molecule has 0 spiro atoms. The number of nitrogens with zero attached hydrogens (tertiary/aromatic N) is 3. The molecule has 2 aromatic rings. The Hall–Kier alpha value is -2.17. The number of rotatable bonds is 4. The quantitative estimate of drug-likeness (QED) is 0.937. The molecule has 0 bridgehead atoms. The normalized spacial score (nSPS) is 14.5. The molecular formula is C16H19FN4. The molecule has 21 heavy (non-hydrogen) atoms. The van der Waals surface area contributed by atoms with Gasteiger partial charge in [0.2, 0.25) is 5.95 Å². The highest BCUT2D eigenvalue weighted by atomic mass is 19.1. The Morgan fingerprint density at radius 3 is 2.57 bits per heavy atom. The zero-order valence-electron chi connectivity index (χ0n) is 12.1. The molecule has 1 aliphatic rings. The Kier molecular flexibility index (Phi) is 3.99. The van der Waals surface area contributed by atoms with Crippen LogP contribution in [-0.4, -0.2) is 23.1 Å². The molecule has 1 aromatic heterocycles. The lowest BCUT2D eigenvalue weighted by atomic mass is 10.2. The van der Waals surface area contributed by atoms with Gasteiger partial charge in [0.05, 0.1) is 0 Å². The maximum Gasteiger partial charge on any atom is 0.227 e. The summed E-state index contributed by atoms with van der Waals surface area (Å²) in [6, 6.07) is 8.43. The lowest BCUT2D eigenvalue weighted by Crippen LogP contribution is -2.21. The highest BCUT2D eigenvalue weighted by Gasteiger charge is 2.15. The van der Waals surface area contributed by atoms with E-state index in [1.165, 1.54) is 25.0 Å². The molecule has 1 aliphatic heterocycles. The molecule has 110 valence electrons. The molecule has 0 radical (unpaired) electrons. The van der Waals surface area contributed by atoms with Gasteiger partial charge in [-0.1, -0.05) is 12.1 Å². The number of benzene rings is 1. The minimum absolute atomic E-state index is 0.215. The molecule has 0 unspecified atom stereocenters. The van der Waals surface area contributed by atoms with Crippen molar-refractivity contribution in [3.63, 3.8) is 0 Å². The van der Waals surface area contributed by atoms with Gasteiger partial charge in [-0.25, -0.2) is 9.37 Å². The fourth-order valence-corrected chi connectivity index (χ4v) is 2.50. The summed E-state index contributed by atoms with van der Waals surface area (Å²) in [4.78, 5) is 11.3. The van der Waals surface area contributed by atoms with Crippen molar-refractivity contribution in [2.75, 3.05) is 23.3 Å². The molecule has 0 atom stereocenters. The van der Waals surface area contributed by atoms with Crippen LogP contribution in [0.4, 0.5) is 16.2 Å². The van der Waals surface area contributed by atoms with Crippen molar-refractivity contribution < 1.29 is 4.39 Å². The number of halogens is 1. The van der Waals surface area contributed by atoms with Gasteiger partial charge in [-0.15, -0.1) is 0 Å². The second kappa shape index (κ2) is 6.08. The second-order valence-electron chi connectivity index (χ2n) is 5.37. The Morgan fingerprint density at radius 2 is 1.86 bits per heavy atom. The van der Waals surface area contributed by atoms with Crippen LogP contribution in [0.3, 0.4) is 0 Å². The van der Waals surface area contributed by atoms with E-state index < -0.39 is 0 Å². The molecule has 4 nitrogen and oxygen atoms in total. The van der Waals surface area contributed by atoms with Gasteiger partial charge < -0.3 is 10.2 Å². The van der Waals surface area contributed by atoms with Gasteiger partial charge in [-0.2, -0.15) is 4.98 Å². The van der Waals surface area contributed by atoms with Crippen LogP contribution < -0.4 is 10.2 Å². The molecule has 1 N–H and O–H groups in total. The molecule has 5 heteroatoms. The van der Waals surface area contributed by atoms with Crippen molar-refractivity contribution in [3.05, 3.63) is 47.4 Å². The number of hydrogen-bond donors (Lipinski definition) is 1. The van der Waals surface area contributed by atoms with E-state index >= 15 is 0 Å². The van der Waals surface area contributed by atoms with Crippen LogP contribution in [0, 0.1) is 12.7 Å². The summed E-state index contributed by atoms with van der Waals surface area (Å²) < 4.78 is 12.9. The molecule has 1 aromatic carbocycles. The first kappa shape index (κ1) is 13.8. The van der Waals surface area contributed by atoms with Crippen LogP contribution >= 0.6 is 0 Å². The minimum atomic E-state index is -0.215. The summed E-state index contributed by atoms with van der Waals surface area (Å²) in [7, 11) is 0. The molecular weight excluding hydrogens is 267 g/mol. The summed E-state index contributed by atoms with van der Waals surface area (Å²) in [5.74, 6) is 1.40. The van der Waals surface area contributed by atoms with Crippen LogP contribution in [0.25, 0.3) is 0 Å². The van der Waals surface area contributed by atoms with Gasteiger partial charge in [0, 0.05) is 31.4 Å². The third-order valence-corrected chi connectivity index (χ3v) is 3.62. The van der Waals surface area contributed by atoms with Gasteiger partial charge in [0.15, 0.2) is 0 Å². The lowest BCUT2D eigenvalue weighted by Gasteiger charge is -2.17.